The molecule has 98 valence electrons. The van der Waals surface area contributed by atoms with Crippen LogP contribution in [0.4, 0.5) is 10.1 Å². The van der Waals surface area contributed by atoms with Crippen LogP contribution < -0.4 is 16.2 Å². The molecular weight excluding hydrogens is 247 g/mol. The molecule has 4 N–H and O–H groups in total. The fourth-order valence-electron chi connectivity index (χ4n) is 1.56. The predicted molar refractivity (Wildman–Crippen MR) is 70.1 cm³/mol. The van der Waals surface area contributed by atoms with Gasteiger partial charge >= 0.3 is 0 Å². The van der Waals surface area contributed by atoms with E-state index in [1.807, 2.05) is 0 Å². The maximum Gasteiger partial charge on any atom is 0.248 e. The van der Waals surface area contributed by atoms with E-state index in [1.54, 1.807) is 30.3 Å². The number of amides is 1. The Balaban J connectivity index is 2.04. The largest absolute Gasteiger partial charge is 0.486 e. The van der Waals surface area contributed by atoms with Gasteiger partial charge in [0, 0.05) is 17.3 Å². The minimum Gasteiger partial charge on any atom is -0.486 e. The molecule has 0 aliphatic carbocycles. The van der Waals surface area contributed by atoms with E-state index in [1.165, 1.54) is 12.1 Å². The van der Waals surface area contributed by atoms with Gasteiger partial charge in [-0.05, 0) is 29.8 Å². The van der Waals surface area contributed by atoms with Gasteiger partial charge in [-0.25, -0.2) is 4.39 Å². The van der Waals surface area contributed by atoms with Gasteiger partial charge in [0.1, 0.15) is 6.61 Å². The van der Waals surface area contributed by atoms with Crippen molar-refractivity contribution in [3.05, 3.63) is 59.4 Å². The molecule has 0 spiro atoms. The summed E-state index contributed by atoms with van der Waals surface area (Å²) in [5, 5.41) is 0. The molecule has 2 aromatic rings. The molecule has 0 aliphatic rings. The zero-order valence-electron chi connectivity index (χ0n) is 10.1. The van der Waals surface area contributed by atoms with Crippen molar-refractivity contribution in [2.75, 3.05) is 5.73 Å². The number of anilines is 1. The van der Waals surface area contributed by atoms with Gasteiger partial charge in [-0.2, -0.15) is 0 Å². The van der Waals surface area contributed by atoms with Gasteiger partial charge in [0.2, 0.25) is 5.91 Å². The lowest BCUT2D eigenvalue weighted by Crippen LogP contribution is -2.10. The van der Waals surface area contributed by atoms with E-state index in [0.717, 1.165) is 5.56 Å². The Morgan fingerprint density at radius 3 is 2.42 bits per heavy atom. The van der Waals surface area contributed by atoms with Gasteiger partial charge in [0.05, 0.1) is 0 Å². The summed E-state index contributed by atoms with van der Waals surface area (Å²) in [6, 6.07) is 10.8. The van der Waals surface area contributed by atoms with Gasteiger partial charge in [-0.3, -0.25) is 4.79 Å². The van der Waals surface area contributed by atoms with Crippen LogP contribution in [0.1, 0.15) is 15.9 Å². The Kier molecular flexibility index (Phi) is 3.66. The summed E-state index contributed by atoms with van der Waals surface area (Å²) in [6.45, 7) is 0.194. The molecule has 19 heavy (non-hydrogen) atoms. The average Bonchev–Trinajstić information content (AvgIpc) is 2.38. The fourth-order valence-corrected chi connectivity index (χ4v) is 1.56. The van der Waals surface area contributed by atoms with Crippen molar-refractivity contribution in [3.63, 3.8) is 0 Å². The third-order valence-corrected chi connectivity index (χ3v) is 2.59. The Labute approximate surface area is 109 Å². The van der Waals surface area contributed by atoms with Gasteiger partial charge in [0.15, 0.2) is 11.6 Å². The summed E-state index contributed by atoms with van der Waals surface area (Å²) in [6.07, 6.45) is 0. The second-order valence-corrected chi connectivity index (χ2v) is 4.04. The van der Waals surface area contributed by atoms with Crippen LogP contribution in [0.25, 0.3) is 0 Å². The van der Waals surface area contributed by atoms with Gasteiger partial charge in [0.25, 0.3) is 0 Å². The number of primary amides is 1. The molecule has 0 saturated heterocycles. The quantitative estimate of drug-likeness (QED) is 0.826. The smallest absolute Gasteiger partial charge is 0.248 e. The second-order valence-electron chi connectivity index (χ2n) is 4.04. The zero-order valence-corrected chi connectivity index (χ0v) is 10.1. The molecule has 0 atom stereocenters. The molecule has 0 unspecified atom stereocenters. The number of ether oxygens (including phenoxy) is 1. The van der Waals surface area contributed by atoms with Gasteiger partial charge in [-0.15, -0.1) is 0 Å². The number of nitrogens with two attached hydrogens (primary N) is 2. The maximum atomic E-state index is 13.5. The number of hydrogen-bond donors (Lipinski definition) is 2. The average molecular weight is 260 g/mol. The first-order valence-electron chi connectivity index (χ1n) is 5.63. The summed E-state index contributed by atoms with van der Waals surface area (Å²) >= 11 is 0. The second kappa shape index (κ2) is 5.39. The highest BCUT2D eigenvalue weighted by Gasteiger charge is 2.05. The summed E-state index contributed by atoms with van der Waals surface area (Å²) in [7, 11) is 0. The van der Waals surface area contributed by atoms with E-state index in [4.69, 9.17) is 16.2 Å². The molecule has 5 heteroatoms. The van der Waals surface area contributed by atoms with Crippen LogP contribution in [0.5, 0.6) is 5.75 Å². The van der Waals surface area contributed by atoms with Crippen LogP contribution >= 0.6 is 0 Å². The number of carbonyl (C=O) groups is 1. The molecule has 2 rings (SSSR count). The molecule has 0 aliphatic heterocycles. The van der Waals surface area contributed by atoms with Crippen molar-refractivity contribution in [2.24, 2.45) is 5.73 Å². The number of carbonyl (C=O) groups excluding carboxylic acids is 1. The predicted octanol–water partition coefficient (Wildman–Crippen LogP) is 2.09. The van der Waals surface area contributed by atoms with Crippen molar-refractivity contribution in [2.45, 2.75) is 6.61 Å². The van der Waals surface area contributed by atoms with Gasteiger partial charge < -0.3 is 16.2 Å². The molecule has 0 fully saturated rings. The SMILES string of the molecule is NC(=O)c1ccc(COc2ccc(N)cc2F)cc1. The molecular formula is C14H13FN2O2. The van der Waals surface area contributed by atoms with Crippen molar-refractivity contribution in [3.8, 4) is 5.75 Å². The third kappa shape index (κ3) is 3.22. The summed E-state index contributed by atoms with van der Waals surface area (Å²) in [5.74, 6) is -0.862. The summed E-state index contributed by atoms with van der Waals surface area (Å²) in [5.41, 5.74) is 12.1. The van der Waals surface area contributed by atoms with Crippen LogP contribution in [0.2, 0.25) is 0 Å². The Morgan fingerprint density at radius 1 is 1.16 bits per heavy atom. The van der Waals surface area contributed by atoms with E-state index in [9.17, 15) is 9.18 Å². The van der Waals surface area contributed by atoms with Gasteiger partial charge in [-0.1, -0.05) is 12.1 Å². The first kappa shape index (κ1) is 12.9. The maximum absolute atomic E-state index is 13.5. The highest BCUT2D eigenvalue weighted by Crippen LogP contribution is 2.20. The number of hydrogen-bond acceptors (Lipinski definition) is 3. The molecule has 0 aromatic heterocycles. The zero-order chi connectivity index (χ0) is 13.8. The number of rotatable bonds is 4. The van der Waals surface area contributed by atoms with E-state index in [2.05, 4.69) is 0 Å². The molecule has 0 bridgehead atoms. The normalized spacial score (nSPS) is 10.2. The minimum atomic E-state index is -0.506. The molecule has 1 amide bonds. The Hall–Kier alpha value is -2.56. The van der Waals surface area contributed by atoms with Crippen LogP contribution in [0.15, 0.2) is 42.5 Å². The Bertz CT molecular complexity index is 597. The molecule has 0 heterocycles. The molecule has 0 radical (unpaired) electrons. The van der Waals surface area contributed by atoms with Crippen LogP contribution in [-0.2, 0) is 6.61 Å². The van der Waals surface area contributed by atoms with Crippen molar-refractivity contribution in [1.29, 1.82) is 0 Å². The standard InChI is InChI=1S/C14H13FN2O2/c15-12-7-11(16)5-6-13(12)19-8-9-1-3-10(4-2-9)14(17)18/h1-7H,8,16H2,(H2,17,18). The fraction of sp³-hybridized carbons (Fsp3) is 0.0714. The van der Waals surface area contributed by atoms with Crippen LogP contribution in [-0.4, -0.2) is 5.91 Å². The van der Waals surface area contributed by atoms with Crippen LogP contribution in [0, 0.1) is 5.82 Å². The number of benzene rings is 2. The number of halogens is 1. The monoisotopic (exact) mass is 260 g/mol. The van der Waals surface area contributed by atoms with Crippen molar-refractivity contribution >= 4 is 11.6 Å². The first-order valence-corrected chi connectivity index (χ1v) is 5.63. The Morgan fingerprint density at radius 2 is 1.84 bits per heavy atom. The minimum absolute atomic E-state index is 0.133. The summed E-state index contributed by atoms with van der Waals surface area (Å²) in [4.78, 5) is 10.9. The molecule has 2 aromatic carbocycles. The lowest BCUT2D eigenvalue weighted by atomic mass is 10.1. The number of nitrogen functional groups attached to an aromatic ring is 1. The topological polar surface area (TPSA) is 78.3 Å². The van der Waals surface area contributed by atoms with E-state index in [-0.39, 0.29) is 12.4 Å². The van der Waals surface area contributed by atoms with Crippen molar-refractivity contribution < 1.29 is 13.9 Å². The lowest BCUT2D eigenvalue weighted by Gasteiger charge is -2.08. The van der Waals surface area contributed by atoms with E-state index in [0.29, 0.717) is 11.3 Å². The molecule has 4 nitrogen and oxygen atoms in total. The third-order valence-electron chi connectivity index (χ3n) is 2.59. The highest BCUT2D eigenvalue weighted by molar-refractivity contribution is 5.92. The highest BCUT2D eigenvalue weighted by atomic mass is 19.1. The van der Waals surface area contributed by atoms with Crippen LogP contribution in [0.3, 0.4) is 0 Å². The molecule has 0 saturated carbocycles. The van der Waals surface area contributed by atoms with E-state index >= 15 is 0 Å². The first-order chi connectivity index (χ1) is 9.06. The van der Waals surface area contributed by atoms with Crippen molar-refractivity contribution in [1.82, 2.24) is 0 Å². The van der Waals surface area contributed by atoms with E-state index < -0.39 is 11.7 Å². The lowest BCUT2D eigenvalue weighted by molar-refractivity contribution is 0.1000. The summed E-state index contributed by atoms with van der Waals surface area (Å²) < 4.78 is 18.8.